The summed E-state index contributed by atoms with van der Waals surface area (Å²) in [5.41, 5.74) is 5.40. The highest BCUT2D eigenvalue weighted by molar-refractivity contribution is 7.13. The molecule has 33 heavy (non-hydrogen) atoms. The fraction of sp³-hybridized carbons (Fsp3) is 0.0833. The van der Waals surface area contributed by atoms with Crippen molar-refractivity contribution in [3.8, 4) is 33.2 Å². The number of thiophene rings is 1. The average Bonchev–Trinajstić information content (AvgIpc) is 3.58. The molecule has 1 aromatic carbocycles. The van der Waals surface area contributed by atoms with Gasteiger partial charge in [-0.1, -0.05) is 6.07 Å². The van der Waals surface area contributed by atoms with E-state index in [1.165, 1.54) is 0 Å². The molecule has 6 rings (SSSR count). The Bertz CT molecular complexity index is 1620. The summed E-state index contributed by atoms with van der Waals surface area (Å²) >= 11 is 1.60. The van der Waals surface area contributed by atoms with Gasteiger partial charge in [0.1, 0.15) is 22.7 Å². The van der Waals surface area contributed by atoms with Gasteiger partial charge in [-0.2, -0.15) is 5.10 Å². The summed E-state index contributed by atoms with van der Waals surface area (Å²) in [5.74, 6) is 0.115. The van der Waals surface area contributed by atoms with Gasteiger partial charge in [-0.3, -0.25) is 15.1 Å². The topological polar surface area (TPSA) is 86.4 Å². The van der Waals surface area contributed by atoms with Crippen molar-refractivity contribution in [1.29, 1.82) is 0 Å². The van der Waals surface area contributed by atoms with Crippen LogP contribution in [0.3, 0.4) is 0 Å². The van der Waals surface area contributed by atoms with Crippen LogP contribution in [0.1, 0.15) is 0 Å². The number of hydrogen-bond donors (Lipinski definition) is 2. The van der Waals surface area contributed by atoms with E-state index in [9.17, 15) is 0 Å². The molecule has 0 radical (unpaired) electrons. The predicted octanol–water partition coefficient (Wildman–Crippen LogP) is 5.50. The van der Waals surface area contributed by atoms with Gasteiger partial charge in [0.25, 0.3) is 0 Å². The third kappa shape index (κ3) is 3.16. The third-order valence-corrected chi connectivity index (χ3v) is 6.47. The Morgan fingerprint density at radius 3 is 2.76 bits per heavy atom. The molecule has 9 heteroatoms. The van der Waals surface area contributed by atoms with Crippen LogP contribution in [0, 0.1) is 5.82 Å². The van der Waals surface area contributed by atoms with Crippen molar-refractivity contribution in [1.82, 2.24) is 30.1 Å². The molecule has 0 fully saturated rings. The molecule has 0 aliphatic carbocycles. The number of halogens is 1. The van der Waals surface area contributed by atoms with Gasteiger partial charge >= 0.3 is 0 Å². The van der Waals surface area contributed by atoms with E-state index in [1.807, 2.05) is 54.7 Å². The molecule has 0 saturated carbocycles. The first-order valence-electron chi connectivity index (χ1n) is 10.3. The van der Waals surface area contributed by atoms with Crippen molar-refractivity contribution in [2.24, 2.45) is 0 Å². The fourth-order valence-corrected chi connectivity index (χ4v) is 4.65. The Morgan fingerprint density at radius 2 is 1.94 bits per heavy atom. The van der Waals surface area contributed by atoms with E-state index in [2.05, 4.69) is 25.1 Å². The molecule has 162 valence electrons. The number of aromatic amines is 2. The number of benzene rings is 1. The lowest BCUT2D eigenvalue weighted by atomic mass is 10.0. The minimum absolute atomic E-state index is 0.369. The van der Waals surface area contributed by atoms with Crippen LogP contribution in [0.2, 0.25) is 0 Å². The van der Waals surface area contributed by atoms with E-state index in [-0.39, 0.29) is 5.82 Å². The predicted molar refractivity (Wildman–Crippen MR) is 130 cm³/mol. The van der Waals surface area contributed by atoms with Gasteiger partial charge in [0.05, 0.1) is 33.2 Å². The molecule has 0 amide bonds. The van der Waals surface area contributed by atoms with Gasteiger partial charge in [-0.25, -0.2) is 9.37 Å². The molecule has 0 spiro atoms. The Hall–Kier alpha value is -4.11. The van der Waals surface area contributed by atoms with E-state index >= 15 is 4.39 Å². The highest BCUT2D eigenvalue weighted by Gasteiger charge is 2.21. The second kappa shape index (κ2) is 7.49. The zero-order valence-electron chi connectivity index (χ0n) is 17.8. The zero-order valence-corrected chi connectivity index (χ0v) is 18.6. The number of pyridine rings is 2. The molecular formula is C24H18FN7S. The first-order valence-corrected chi connectivity index (χ1v) is 11.2. The van der Waals surface area contributed by atoms with E-state index in [0.717, 1.165) is 27.3 Å². The summed E-state index contributed by atoms with van der Waals surface area (Å²) in [5, 5.41) is 9.71. The summed E-state index contributed by atoms with van der Waals surface area (Å²) in [4.78, 5) is 19.8. The van der Waals surface area contributed by atoms with E-state index in [0.29, 0.717) is 33.5 Å². The number of hydrogen-bond acceptors (Lipinski definition) is 6. The van der Waals surface area contributed by atoms with Crippen LogP contribution in [-0.4, -0.2) is 44.2 Å². The summed E-state index contributed by atoms with van der Waals surface area (Å²) in [6.07, 6.45) is 5.15. The normalized spacial score (nSPS) is 11.5. The van der Waals surface area contributed by atoms with Crippen LogP contribution in [0.4, 0.5) is 10.1 Å². The van der Waals surface area contributed by atoms with Gasteiger partial charge in [-0.15, -0.1) is 11.3 Å². The van der Waals surface area contributed by atoms with Crippen molar-refractivity contribution < 1.29 is 4.39 Å². The molecule has 2 N–H and O–H groups in total. The summed E-state index contributed by atoms with van der Waals surface area (Å²) < 4.78 is 15.9. The molecule has 6 aromatic rings. The van der Waals surface area contributed by atoms with E-state index in [1.54, 1.807) is 36.0 Å². The molecule has 5 heterocycles. The van der Waals surface area contributed by atoms with E-state index < -0.39 is 0 Å². The third-order valence-electron chi connectivity index (χ3n) is 5.60. The molecular weight excluding hydrogens is 437 g/mol. The van der Waals surface area contributed by atoms with Crippen LogP contribution in [0.5, 0.6) is 0 Å². The van der Waals surface area contributed by atoms with Gasteiger partial charge in [-0.05, 0) is 35.7 Å². The molecule has 0 aliphatic heterocycles. The number of anilines is 1. The summed E-state index contributed by atoms with van der Waals surface area (Å²) in [7, 11) is 3.85. The quantitative estimate of drug-likeness (QED) is 0.367. The smallest absolute Gasteiger partial charge is 0.159 e. The summed E-state index contributed by atoms with van der Waals surface area (Å²) in [6, 6.07) is 11.3. The molecule has 5 aromatic heterocycles. The number of H-pyrrole nitrogens is 2. The second-order valence-corrected chi connectivity index (χ2v) is 8.81. The van der Waals surface area contributed by atoms with Gasteiger partial charge < -0.3 is 9.88 Å². The van der Waals surface area contributed by atoms with Crippen LogP contribution < -0.4 is 4.90 Å². The number of aromatic nitrogens is 6. The average molecular weight is 456 g/mol. The summed E-state index contributed by atoms with van der Waals surface area (Å²) in [6.45, 7) is 0. The van der Waals surface area contributed by atoms with Crippen molar-refractivity contribution in [2.75, 3.05) is 19.0 Å². The lowest BCUT2D eigenvalue weighted by molar-refractivity contribution is 0.643. The SMILES string of the molecule is CN(C)c1cncc(-c2ccc3[nH]nc(-c4nc5c(-c6cccs6)nccc5[nH]4)c3c2F)c1. The maximum absolute atomic E-state index is 15.9. The molecule has 0 atom stereocenters. The Balaban J connectivity index is 1.53. The maximum Gasteiger partial charge on any atom is 0.159 e. The monoisotopic (exact) mass is 455 g/mol. The molecule has 0 aliphatic rings. The standard InChI is InChI=1S/C24H18FN7S/c1-32(2)14-10-13(11-26-12-14)15-5-6-16-19(20(15)25)23(31-30-16)24-28-17-7-8-27-22(21(17)29-24)18-4-3-9-33-18/h3-12H,1-2H3,(H,28,29)(H,30,31). The molecule has 0 unspecified atom stereocenters. The molecule has 0 bridgehead atoms. The Labute approximate surface area is 192 Å². The Morgan fingerprint density at radius 1 is 1.03 bits per heavy atom. The highest BCUT2D eigenvalue weighted by atomic mass is 32.1. The van der Waals surface area contributed by atoms with Crippen molar-refractivity contribution in [2.45, 2.75) is 0 Å². The number of imidazole rings is 1. The number of rotatable bonds is 4. The van der Waals surface area contributed by atoms with Crippen LogP contribution >= 0.6 is 11.3 Å². The molecule has 0 saturated heterocycles. The second-order valence-electron chi connectivity index (χ2n) is 7.87. The van der Waals surface area contributed by atoms with Crippen molar-refractivity contribution in [3.63, 3.8) is 0 Å². The fourth-order valence-electron chi connectivity index (χ4n) is 3.93. The van der Waals surface area contributed by atoms with E-state index in [4.69, 9.17) is 4.98 Å². The number of nitrogens with one attached hydrogen (secondary N) is 2. The van der Waals surface area contributed by atoms with Crippen LogP contribution in [0.25, 0.3) is 55.2 Å². The van der Waals surface area contributed by atoms with Crippen LogP contribution in [-0.2, 0) is 0 Å². The Kier molecular flexibility index (Phi) is 4.44. The lowest BCUT2D eigenvalue weighted by Gasteiger charge is -2.13. The minimum atomic E-state index is -0.369. The van der Waals surface area contributed by atoms with Crippen molar-refractivity contribution in [3.05, 3.63) is 66.2 Å². The maximum atomic E-state index is 15.9. The highest BCUT2D eigenvalue weighted by Crippen LogP contribution is 2.36. The molecule has 7 nitrogen and oxygen atoms in total. The van der Waals surface area contributed by atoms with Crippen molar-refractivity contribution >= 4 is 39.0 Å². The number of fused-ring (bicyclic) bond motifs is 2. The first kappa shape index (κ1) is 19.6. The van der Waals surface area contributed by atoms with Gasteiger partial charge in [0, 0.05) is 37.6 Å². The first-order chi connectivity index (χ1) is 16.1. The van der Waals surface area contributed by atoms with Gasteiger partial charge in [0.2, 0.25) is 0 Å². The lowest BCUT2D eigenvalue weighted by Crippen LogP contribution is -2.08. The van der Waals surface area contributed by atoms with Gasteiger partial charge in [0.15, 0.2) is 5.82 Å². The zero-order chi connectivity index (χ0) is 22.5. The minimum Gasteiger partial charge on any atom is -0.376 e. The largest absolute Gasteiger partial charge is 0.376 e. The number of nitrogens with zero attached hydrogens (tertiary/aromatic N) is 5. The van der Waals surface area contributed by atoms with Crippen LogP contribution in [0.15, 0.2) is 60.4 Å².